The van der Waals surface area contributed by atoms with E-state index in [-0.39, 0.29) is 24.8 Å². The molecule has 0 saturated heterocycles. The van der Waals surface area contributed by atoms with Crippen molar-refractivity contribution in [3.8, 4) is 6.07 Å². The highest BCUT2D eigenvalue weighted by Gasteiger charge is 2.27. The van der Waals surface area contributed by atoms with Crippen molar-refractivity contribution in [3.63, 3.8) is 0 Å². The molecule has 8 nitrogen and oxygen atoms in total. The Morgan fingerprint density at radius 3 is 2.83 bits per heavy atom. The molecule has 2 amide bonds. The summed E-state index contributed by atoms with van der Waals surface area (Å²) in [6.45, 7) is -0.307. The van der Waals surface area contributed by atoms with Crippen LogP contribution < -0.4 is 16.3 Å². The molecule has 0 spiro atoms. The predicted octanol–water partition coefficient (Wildman–Crippen LogP) is 0.0341. The van der Waals surface area contributed by atoms with Gasteiger partial charge in [0, 0.05) is 11.6 Å². The first kappa shape index (κ1) is 14.8. The predicted molar refractivity (Wildman–Crippen MR) is 81.8 cm³/mol. The van der Waals surface area contributed by atoms with Gasteiger partial charge in [0.1, 0.15) is 6.54 Å². The Balaban J connectivity index is 1.76. The molecule has 8 heteroatoms. The maximum Gasteiger partial charge on any atom is 0.326 e. The van der Waals surface area contributed by atoms with Crippen LogP contribution in [0.1, 0.15) is 29.2 Å². The SMILES string of the molecule is N#CCNC(=O)CNC(=O)c1ccc2[nH]c(=O)n(C3CC3)c2c1. The number of aromatic nitrogens is 2. The van der Waals surface area contributed by atoms with Crippen molar-refractivity contribution in [2.45, 2.75) is 18.9 Å². The van der Waals surface area contributed by atoms with Crippen LogP contribution in [0.25, 0.3) is 11.0 Å². The van der Waals surface area contributed by atoms with Crippen molar-refractivity contribution in [1.82, 2.24) is 20.2 Å². The van der Waals surface area contributed by atoms with E-state index in [1.807, 2.05) is 0 Å². The van der Waals surface area contributed by atoms with Gasteiger partial charge in [0.05, 0.1) is 23.6 Å². The fraction of sp³-hybridized carbons (Fsp3) is 0.333. The number of nitrogens with one attached hydrogen (secondary N) is 3. The largest absolute Gasteiger partial charge is 0.343 e. The van der Waals surface area contributed by atoms with Gasteiger partial charge in [-0.1, -0.05) is 0 Å². The maximum atomic E-state index is 12.1. The van der Waals surface area contributed by atoms with Gasteiger partial charge < -0.3 is 15.6 Å². The summed E-state index contributed by atoms with van der Waals surface area (Å²) in [5.74, 6) is -0.840. The number of carbonyl (C=O) groups excluding carboxylic acids is 2. The molecule has 0 aliphatic heterocycles. The number of imidazole rings is 1. The van der Waals surface area contributed by atoms with E-state index in [2.05, 4.69) is 15.6 Å². The number of benzene rings is 1. The van der Waals surface area contributed by atoms with Crippen molar-refractivity contribution in [1.29, 1.82) is 5.26 Å². The highest BCUT2D eigenvalue weighted by atomic mass is 16.2. The minimum atomic E-state index is -0.433. The number of fused-ring (bicyclic) bond motifs is 1. The molecule has 23 heavy (non-hydrogen) atoms. The number of nitrogens with zero attached hydrogens (tertiary/aromatic N) is 2. The first-order chi connectivity index (χ1) is 11.1. The molecule has 1 saturated carbocycles. The van der Waals surface area contributed by atoms with Gasteiger partial charge in [-0.15, -0.1) is 0 Å². The molecule has 2 aromatic rings. The smallest absolute Gasteiger partial charge is 0.326 e. The zero-order chi connectivity index (χ0) is 16.4. The quantitative estimate of drug-likeness (QED) is 0.675. The molecule has 1 aliphatic rings. The summed E-state index contributed by atoms with van der Waals surface area (Å²) in [5, 5.41) is 13.2. The van der Waals surface area contributed by atoms with E-state index in [9.17, 15) is 14.4 Å². The third-order valence-electron chi connectivity index (χ3n) is 3.67. The second-order valence-electron chi connectivity index (χ2n) is 5.38. The van der Waals surface area contributed by atoms with Gasteiger partial charge in [-0.2, -0.15) is 5.26 Å². The number of hydrogen-bond donors (Lipinski definition) is 3. The molecule has 1 heterocycles. The third kappa shape index (κ3) is 3.08. The molecule has 0 atom stereocenters. The lowest BCUT2D eigenvalue weighted by Crippen LogP contribution is -2.37. The number of hydrogen-bond acceptors (Lipinski definition) is 4. The van der Waals surface area contributed by atoms with Crippen LogP contribution in [0.4, 0.5) is 0 Å². The highest BCUT2D eigenvalue weighted by Crippen LogP contribution is 2.35. The van der Waals surface area contributed by atoms with Crippen LogP contribution in [-0.2, 0) is 4.79 Å². The monoisotopic (exact) mass is 313 g/mol. The zero-order valence-corrected chi connectivity index (χ0v) is 12.3. The third-order valence-corrected chi connectivity index (χ3v) is 3.67. The van der Waals surface area contributed by atoms with Crippen molar-refractivity contribution >= 4 is 22.8 Å². The van der Waals surface area contributed by atoms with Gasteiger partial charge in [-0.25, -0.2) is 4.79 Å². The lowest BCUT2D eigenvalue weighted by Gasteiger charge is -2.06. The number of carbonyl (C=O) groups is 2. The Morgan fingerprint density at radius 1 is 1.35 bits per heavy atom. The Bertz CT molecular complexity index is 869. The van der Waals surface area contributed by atoms with Gasteiger partial charge in [0.25, 0.3) is 5.91 Å². The van der Waals surface area contributed by atoms with Gasteiger partial charge in [0.2, 0.25) is 5.91 Å². The summed E-state index contributed by atoms with van der Waals surface area (Å²) in [6, 6.07) is 6.91. The van der Waals surface area contributed by atoms with Crippen molar-refractivity contribution in [3.05, 3.63) is 34.2 Å². The van der Waals surface area contributed by atoms with E-state index in [0.717, 1.165) is 12.8 Å². The standard InChI is InChI=1S/C15H15N5O3/c16-5-6-17-13(21)8-18-14(22)9-1-4-11-12(7-9)20(10-2-3-10)15(23)19-11/h1,4,7,10H,2-3,6,8H2,(H,17,21)(H,18,22)(H,19,23). The average Bonchev–Trinajstić information content (AvgIpc) is 3.32. The Morgan fingerprint density at radius 2 is 2.13 bits per heavy atom. The van der Waals surface area contributed by atoms with Crippen LogP contribution in [0.2, 0.25) is 0 Å². The topological polar surface area (TPSA) is 120 Å². The van der Waals surface area contributed by atoms with E-state index >= 15 is 0 Å². The summed E-state index contributed by atoms with van der Waals surface area (Å²) in [6.07, 6.45) is 1.92. The van der Waals surface area contributed by atoms with Crippen LogP contribution in [0.3, 0.4) is 0 Å². The molecule has 0 bridgehead atoms. The number of amides is 2. The minimum absolute atomic E-state index is 0.0995. The molecule has 1 aromatic carbocycles. The van der Waals surface area contributed by atoms with Crippen molar-refractivity contribution in [2.75, 3.05) is 13.1 Å². The van der Waals surface area contributed by atoms with Crippen LogP contribution >= 0.6 is 0 Å². The van der Waals surface area contributed by atoms with Gasteiger partial charge in [-0.3, -0.25) is 14.2 Å². The molecular weight excluding hydrogens is 298 g/mol. The summed E-state index contributed by atoms with van der Waals surface area (Å²) in [4.78, 5) is 38.2. The normalized spacial score (nSPS) is 13.5. The van der Waals surface area contributed by atoms with Crippen LogP contribution in [-0.4, -0.2) is 34.5 Å². The van der Waals surface area contributed by atoms with Crippen LogP contribution in [0.15, 0.2) is 23.0 Å². The Labute approximate surface area is 131 Å². The first-order valence-electron chi connectivity index (χ1n) is 7.26. The Hall–Kier alpha value is -3.08. The van der Waals surface area contributed by atoms with E-state index in [1.165, 1.54) is 0 Å². The van der Waals surface area contributed by atoms with E-state index in [0.29, 0.717) is 16.6 Å². The number of aromatic amines is 1. The molecule has 1 aromatic heterocycles. The van der Waals surface area contributed by atoms with Gasteiger partial charge in [-0.05, 0) is 31.0 Å². The van der Waals surface area contributed by atoms with E-state index in [1.54, 1.807) is 28.8 Å². The summed E-state index contributed by atoms with van der Waals surface area (Å²) < 4.78 is 1.67. The van der Waals surface area contributed by atoms with Crippen molar-refractivity contribution < 1.29 is 9.59 Å². The minimum Gasteiger partial charge on any atom is -0.343 e. The summed E-state index contributed by atoms with van der Waals surface area (Å²) in [7, 11) is 0. The van der Waals surface area contributed by atoms with E-state index < -0.39 is 11.8 Å². The average molecular weight is 313 g/mol. The molecule has 3 N–H and O–H groups in total. The van der Waals surface area contributed by atoms with E-state index in [4.69, 9.17) is 5.26 Å². The molecular formula is C15H15N5O3. The second-order valence-corrected chi connectivity index (χ2v) is 5.38. The fourth-order valence-corrected chi connectivity index (χ4v) is 2.42. The molecule has 0 unspecified atom stereocenters. The summed E-state index contributed by atoms with van der Waals surface area (Å²) in [5.41, 5.74) is 1.58. The zero-order valence-electron chi connectivity index (χ0n) is 12.3. The van der Waals surface area contributed by atoms with Crippen LogP contribution in [0.5, 0.6) is 0 Å². The second kappa shape index (κ2) is 5.96. The molecule has 1 aliphatic carbocycles. The number of H-pyrrole nitrogens is 1. The molecule has 3 rings (SSSR count). The fourth-order valence-electron chi connectivity index (χ4n) is 2.42. The highest BCUT2D eigenvalue weighted by molar-refractivity contribution is 5.99. The molecule has 118 valence electrons. The first-order valence-corrected chi connectivity index (χ1v) is 7.26. The molecule has 1 fully saturated rings. The van der Waals surface area contributed by atoms with Crippen LogP contribution in [0, 0.1) is 11.3 Å². The lowest BCUT2D eigenvalue weighted by molar-refractivity contribution is -0.119. The lowest BCUT2D eigenvalue weighted by atomic mass is 10.2. The number of nitriles is 1. The maximum absolute atomic E-state index is 12.1. The van der Waals surface area contributed by atoms with Gasteiger partial charge >= 0.3 is 5.69 Å². The Kier molecular flexibility index (Phi) is 3.85. The van der Waals surface area contributed by atoms with Crippen molar-refractivity contribution in [2.24, 2.45) is 0 Å². The molecule has 0 radical (unpaired) electrons. The van der Waals surface area contributed by atoms with Gasteiger partial charge in [0.15, 0.2) is 0 Å². The number of rotatable bonds is 5. The summed E-state index contributed by atoms with van der Waals surface area (Å²) >= 11 is 0.